The zero-order valence-electron chi connectivity index (χ0n) is 10.9. The molecule has 0 unspecified atom stereocenters. The molecule has 3 aromatic heterocycles. The Morgan fingerprint density at radius 3 is 2.52 bits per heavy atom. The molecule has 0 aromatic carbocycles. The molecule has 0 saturated carbocycles. The van der Waals surface area contributed by atoms with Gasteiger partial charge in [-0.2, -0.15) is 5.26 Å². The van der Waals surface area contributed by atoms with Gasteiger partial charge in [0.05, 0.1) is 14.4 Å². The number of nitrogens with one attached hydrogen (secondary N) is 1. The summed E-state index contributed by atoms with van der Waals surface area (Å²) in [6.45, 7) is 2.00. The lowest BCUT2D eigenvalue weighted by Gasteiger charge is -2.04. The minimum Gasteiger partial charge on any atom is -0.320 e. The molecule has 3 heterocycles. The quantitative estimate of drug-likeness (QED) is 0.699. The van der Waals surface area contributed by atoms with E-state index < -0.39 is 0 Å². The molecule has 0 aliphatic heterocycles. The number of pyridine rings is 1. The third-order valence-corrected chi connectivity index (χ3v) is 5.68. The van der Waals surface area contributed by atoms with Crippen LogP contribution in [-0.2, 0) is 0 Å². The highest BCUT2D eigenvalue weighted by molar-refractivity contribution is 9.11. The Hall–Kier alpha value is -1.68. The molecule has 0 fully saturated rings. The number of H-pyrrole nitrogens is 1. The van der Waals surface area contributed by atoms with Gasteiger partial charge in [-0.15, -0.1) is 22.7 Å². The number of aromatic amines is 1. The van der Waals surface area contributed by atoms with Crippen molar-refractivity contribution in [3.63, 3.8) is 0 Å². The molecule has 3 rings (SSSR count). The van der Waals surface area contributed by atoms with Crippen molar-refractivity contribution in [3.8, 4) is 27.1 Å². The third-order valence-electron chi connectivity index (χ3n) is 2.99. The first-order valence-corrected chi connectivity index (χ1v) is 8.51. The topological polar surface area (TPSA) is 56.6 Å². The van der Waals surface area contributed by atoms with Gasteiger partial charge >= 0.3 is 0 Å². The molecule has 3 aromatic rings. The van der Waals surface area contributed by atoms with Gasteiger partial charge in [-0.1, -0.05) is 0 Å². The van der Waals surface area contributed by atoms with E-state index in [4.69, 9.17) is 0 Å². The molecular formula is C15H9BrN2OS2. The van der Waals surface area contributed by atoms with E-state index in [0.29, 0.717) is 5.56 Å². The summed E-state index contributed by atoms with van der Waals surface area (Å²) in [4.78, 5) is 18.0. The van der Waals surface area contributed by atoms with Crippen molar-refractivity contribution in [3.05, 3.63) is 54.9 Å². The second-order valence-corrected chi connectivity index (χ2v) is 8.18. The molecule has 21 heavy (non-hydrogen) atoms. The van der Waals surface area contributed by atoms with E-state index in [-0.39, 0.29) is 11.1 Å². The number of rotatable bonds is 2. The van der Waals surface area contributed by atoms with E-state index in [1.165, 1.54) is 11.3 Å². The Kier molecular flexibility index (Phi) is 3.81. The average molecular weight is 377 g/mol. The Balaban J connectivity index is 2.25. The fourth-order valence-corrected chi connectivity index (χ4v) is 4.28. The van der Waals surface area contributed by atoms with E-state index in [9.17, 15) is 10.1 Å². The maximum atomic E-state index is 12.2. The summed E-state index contributed by atoms with van der Waals surface area (Å²) < 4.78 is 0.997. The number of hydrogen-bond acceptors (Lipinski definition) is 4. The fourth-order valence-electron chi connectivity index (χ4n) is 2.04. The van der Waals surface area contributed by atoms with Gasteiger partial charge in [0.25, 0.3) is 5.56 Å². The molecule has 0 aliphatic rings. The summed E-state index contributed by atoms with van der Waals surface area (Å²) in [5, 5.41) is 9.26. The number of nitrogens with zero attached hydrogens (tertiary/aromatic N) is 1. The lowest BCUT2D eigenvalue weighted by atomic mass is 10.1. The fraction of sp³-hybridized carbons (Fsp3) is 0.0667. The van der Waals surface area contributed by atoms with Crippen molar-refractivity contribution in [2.75, 3.05) is 0 Å². The van der Waals surface area contributed by atoms with Crippen LogP contribution in [0.25, 0.3) is 21.0 Å². The first-order valence-electron chi connectivity index (χ1n) is 6.08. The van der Waals surface area contributed by atoms with Gasteiger partial charge in [0.2, 0.25) is 0 Å². The molecule has 0 atom stereocenters. The molecule has 0 amide bonds. The minimum atomic E-state index is -0.347. The Labute approximate surface area is 137 Å². The zero-order chi connectivity index (χ0) is 15.0. The molecule has 3 nitrogen and oxygen atoms in total. The van der Waals surface area contributed by atoms with Gasteiger partial charge < -0.3 is 4.98 Å². The summed E-state index contributed by atoms with van der Waals surface area (Å²) in [6, 6.07) is 11.7. The predicted octanol–water partition coefficient (Wildman–Crippen LogP) is 4.77. The van der Waals surface area contributed by atoms with Crippen LogP contribution in [0.3, 0.4) is 0 Å². The molecule has 0 bridgehead atoms. The lowest BCUT2D eigenvalue weighted by molar-refractivity contribution is 1.23. The summed E-state index contributed by atoms with van der Waals surface area (Å²) in [6.07, 6.45) is 0. The van der Waals surface area contributed by atoms with Crippen molar-refractivity contribution >= 4 is 38.6 Å². The standard InChI is InChI=1S/C15H9BrN2OS2/c1-8-2-3-12(20-8)9-6-11(13-4-5-14(16)21-13)18-15(19)10(9)7-17/h2-6H,1H3,(H,18,19). The van der Waals surface area contributed by atoms with Crippen LogP contribution in [0.5, 0.6) is 0 Å². The Morgan fingerprint density at radius 1 is 1.19 bits per heavy atom. The number of nitriles is 1. The SMILES string of the molecule is Cc1ccc(-c2cc(-c3ccc(Br)s3)[nH]c(=O)c2C#N)s1. The Bertz CT molecular complexity index is 914. The first-order chi connectivity index (χ1) is 10.1. The highest BCUT2D eigenvalue weighted by atomic mass is 79.9. The van der Waals surface area contributed by atoms with E-state index in [2.05, 4.69) is 20.9 Å². The van der Waals surface area contributed by atoms with Crippen molar-refractivity contribution in [1.29, 1.82) is 5.26 Å². The molecular weight excluding hydrogens is 368 g/mol. The van der Waals surface area contributed by atoms with Gasteiger partial charge in [0.1, 0.15) is 11.6 Å². The molecule has 0 spiro atoms. The van der Waals surface area contributed by atoms with Crippen molar-refractivity contribution in [1.82, 2.24) is 4.98 Å². The Morgan fingerprint density at radius 2 is 1.95 bits per heavy atom. The van der Waals surface area contributed by atoms with E-state index >= 15 is 0 Å². The number of aromatic nitrogens is 1. The summed E-state index contributed by atoms with van der Waals surface area (Å²) >= 11 is 6.54. The van der Waals surface area contributed by atoms with Crippen LogP contribution in [0, 0.1) is 18.3 Å². The van der Waals surface area contributed by atoms with E-state index in [0.717, 1.165) is 24.1 Å². The molecule has 104 valence electrons. The second-order valence-electron chi connectivity index (χ2n) is 4.43. The van der Waals surface area contributed by atoms with Crippen molar-refractivity contribution in [2.24, 2.45) is 0 Å². The predicted molar refractivity (Wildman–Crippen MR) is 90.8 cm³/mol. The van der Waals surface area contributed by atoms with E-state index in [1.807, 2.05) is 43.3 Å². The van der Waals surface area contributed by atoms with Gasteiger partial charge in [-0.05, 0) is 53.2 Å². The van der Waals surface area contributed by atoms with Gasteiger partial charge in [-0.3, -0.25) is 4.79 Å². The number of thiophene rings is 2. The highest BCUT2D eigenvalue weighted by Gasteiger charge is 2.14. The van der Waals surface area contributed by atoms with Crippen molar-refractivity contribution in [2.45, 2.75) is 6.92 Å². The smallest absolute Gasteiger partial charge is 0.267 e. The second kappa shape index (κ2) is 5.60. The van der Waals surface area contributed by atoms with Gasteiger partial charge in [-0.25, -0.2) is 0 Å². The van der Waals surface area contributed by atoms with Crippen molar-refractivity contribution < 1.29 is 0 Å². The maximum Gasteiger partial charge on any atom is 0.267 e. The summed E-state index contributed by atoms with van der Waals surface area (Å²) in [7, 11) is 0. The van der Waals surface area contributed by atoms with Crippen LogP contribution in [0.1, 0.15) is 10.4 Å². The third kappa shape index (κ3) is 2.72. The number of halogens is 1. The molecule has 0 saturated heterocycles. The first kappa shape index (κ1) is 14.3. The maximum absolute atomic E-state index is 12.2. The van der Waals surface area contributed by atoms with Crippen LogP contribution in [0.4, 0.5) is 0 Å². The molecule has 1 N–H and O–H groups in total. The van der Waals surface area contributed by atoms with Crippen LogP contribution >= 0.6 is 38.6 Å². The lowest BCUT2D eigenvalue weighted by Crippen LogP contribution is -2.12. The van der Waals surface area contributed by atoms with Crippen LogP contribution in [0.2, 0.25) is 0 Å². The normalized spacial score (nSPS) is 10.5. The number of aryl methyl sites for hydroxylation is 1. The van der Waals surface area contributed by atoms with Crippen LogP contribution in [-0.4, -0.2) is 4.98 Å². The van der Waals surface area contributed by atoms with E-state index in [1.54, 1.807) is 11.3 Å². The van der Waals surface area contributed by atoms with Crippen LogP contribution < -0.4 is 5.56 Å². The summed E-state index contributed by atoms with van der Waals surface area (Å²) in [5.74, 6) is 0. The monoisotopic (exact) mass is 376 g/mol. The van der Waals surface area contributed by atoms with Gasteiger partial charge in [0.15, 0.2) is 0 Å². The molecule has 0 aliphatic carbocycles. The average Bonchev–Trinajstić information content (AvgIpc) is 3.06. The summed E-state index contributed by atoms with van der Waals surface area (Å²) in [5.41, 5.74) is 1.24. The zero-order valence-corrected chi connectivity index (χ0v) is 14.2. The van der Waals surface area contributed by atoms with Gasteiger partial charge in [0, 0.05) is 15.3 Å². The minimum absolute atomic E-state index is 0.163. The van der Waals surface area contributed by atoms with Crippen LogP contribution in [0.15, 0.2) is 38.9 Å². The molecule has 6 heteroatoms. The molecule has 0 radical (unpaired) electrons. The highest BCUT2D eigenvalue weighted by Crippen LogP contribution is 2.34. The largest absolute Gasteiger partial charge is 0.320 e. The number of hydrogen-bond donors (Lipinski definition) is 1.